The van der Waals surface area contributed by atoms with Crippen LogP contribution in [0.3, 0.4) is 0 Å². The third-order valence-corrected chi connectivity index (χ3v) is 1.91. The Morgan fingerprint density at radius 1 is 1.38 bits per heavy atom. The summed E-state index contributed by atoms with van der Waals surface area (Å²) in [6.45, 7) is 6.02. The molecule has 0 saturated carbocycles. The molecule has 0 radical (unpaired) electrons. The highest BCUT2D eigenvalue weighted by Gasteiger charge is 1.99. The van der Waals surface area contributed by atoms with Gasteiger partial charge in [-0.1, -0.05) is 25.4 Å². The summed E-state index contributed by atoms with van der Waals surface area (Å²) in [6, 6.07) is 1.91. The summed E-state index contributed by atoms with van der Waals surface area (Å²) in [7, 11) is 0. The molecule has 0 amide bonds. The van der Waals surface area contributed by atoms with Crippen molar-refractivity contribution in [3.05, 3.63) is 29.0 Å². The Kier molecular flexibility index (Phi) is 3.32. The van der Waals surface area contributed by atoms with Crippen molar-refractivity contribution < 1.29 is 0 Å². The Morgan fingerprint density at radius 3 is 2.77 bits per heavy atom. The molecule has 2 nitrogen and oxygen atoms in total. The number of H-pyrrole nitrogens is 1. The lowest BCUT2D eigenvalue weighted by Gasteiger charge is -1.90. The smallest absolute Gasteiger partial charge is 0.137 e. The topological polar surface area (TPSA) is 28.7 Å². The Hall–Kier alpha value is -1.02. The van der Waals surface area contributed by atoms with Gasteiger partial charge in [-0.05, 0) is 18.6 Å². The second kappa shape index (κ2) is 4.28. The first kappa shape index (κ1) is 10.1. The number of nitrogens with zero attached hydrogens (tertiary/aromatic N) is 1. The molecule has 2 aromatic rings. The van der Waals surface area contributed by atoms with Crippen molar-refractivity contribution in [3.8, 4) is 0 Å². The Balaban J connectivity index is 0.000000396. The first-order valence-electron chi connectivity index (χ1n) is 4.36. The minimum Gasteiger partial charge on any atom is -0.346 e. The van der Waals surface area contributed by atoms with Crippen LogP contribution in [0, 0.1) is 6.92 Å². The average Bonchev–Trinajstić information content (AvgIpc) is 2.52. The monoisotopic (exact) mass is 196 g/mol. The van der Waals surface area contributed by atoms with E-state index in [0.717, 1.165) is 11.0 Å². The van der Waals surface area contributed by atoms with Gasteiger partial charge in [0.1, 0.15) is 5.65 Å². The van der Waals surface area contributed by atoms with Crippen LogP contribution in [0.1, 0.15) is 19.4 Å². The third-order valence-electron chi connectivity index (χ3n) is 1.70. The van der Waals surface area contributed by atoms with E-state index in [1.807, 2.05) is 33.0 Å². The number of hydrogen-bond acceptors (Lipinski definition) is 1. The predicted octanol–water partition coefficient (Wildman–Crippen LogP) is 3.55. The summed E-state index contributed by atoms with van der Waals surface area (Å²) in [6.07, 6.45) is 3.56. The number of aromatic amines is 1. The highest BCUT2D eigenvalue weighted by Crippen LogP contribution is 2.18. The molecule has 2 aromatic heterocycles. The maximum absolute atomic E-state index is 5.77. The average molecular weight is 197 g/mol. The summed E-state index contributed by atoms with van der Waals surface area (Å²) in [4.78, 5) is 7.16. The number of hydrogen-bond donors (Lipinski definition) is 1. The highest BCUT2D eigenvalue weighted by atomic mass is 35.5. The van der Waals surface area contributed by atoms with Crippen molar-refractivity contribution in [1.82, 2.24) is 9.97 Å². The largest absolute Gasteiger partial charge is 0.346 e. The van der Waals surface area contributed by atoms with Crippen molar-refractivity contribution in [1.29, 1.82) is 0 Å². The molecule has 3 heteroatoms. The summed E-state index contributed by atoms with van der Waals surface area (Å²) in [5.41, 5.74) is 2.07. The summed E-state index contributed by atoms with van der Waals surface area (Å²) >= 11 is 5.77. The number of rotatable bonds is 0. The van der Waals surface area contributed by atoms with Gasteiger partial charge in [-0.25, -0.2) is 4.98 Å². The molecule has 0 saturated heterocycles. The maximum atomic E-state index is 5.77. The van der Waals surface area contributed by atoms with Crippen LogP contribution in [-0.2, 0) is 0 Å². The van der Waals surface area contributed by atoms with E-state index in [2.05, 4.69) is 9.97 Å². The Bertz CT molecular complexity index is 393. The molecule has 0 bridgehead atoms. The molecule has 0 fully saturated rings. The fraction of sp³-hybridized carbons (Fsp3) is 0.300. The number of halogens is 1. The lowest BCUT2D eigenvalue weighted by atomic mass is 10.2. The number of nitrogens with one attached hydrogen (secondary N) is 1. The molecule has 0 aliphatic carbocycles. The van der Waals surface area contributed by atoms with Gasteiger partial charge in [0.25, 0.3) is 0 Å². The van der Waals surface area contributed by atoms with Crippen molar-refractivity contribution in [2.75, 3.05) is 0 Å². The zero-order chi connectivity index (χ0) is 9.84. The molecule has 0 aliphatic heterocycles. The van der Waals surface area contributed by atoms with Crippen molar-refractivity contribution in [2.45, 2.75) is 20.8 Å². The summed E-state index contributed by atoms with van der Waals surface area (Å²) in [5.74, 6) is 0. The number of aromatic nitrogens is 2. The second-order valence-electron chi connectivity index (χ2n) is 2.52. The molecular weight excluding hydrogens is 184 g/mol. The van der Waals surface area contributed by atoms with E-state index in [-0.39, 0.29) is 0 Å². The second-order valence-corrected chi connectivity index (χ2v) is 2.96. The standard InChI is InChI=1S/C8H7ClN2.C2H6/c1-5-3-10-8-7(5)2-6(9)4-11-8;1-2/h2-4H,1H3,(H,10,11);1-2H3. The lowest BCUT2D eigenvalue weighted by molar-refractivity contribution is 1.32. The van der Waals surface area contributed by atoms with Crippen molar-refractivity contribution in [2.24, 2.45) is 0 Å². The van der Waals surface area contributed by atoms with E-state index in [4.69, 9.17) is 11.6 Å². The third kappa shape index (κ3) is 2.01. The molecule has 0 spiro atoms. The van der Waals surface area contributed by atoms with Crippen LogP contribution in [0.15, 0.2) is 18.5 Å². The molecule has 0 atom stereocenters. The summed E-state index contributed by atoms with van der Waals surface area (Å²) in [5, 5.41) is 1.78. The first-order valence-corrected chi connectivity index (χ1v) is 4.74. The van der Waals surface area contributed by atoms with Crippen LogP contribution in [0.5, 0.6) is 0 Å². The quantitative estimate of drug-likeness (QED) is 0.686. The Morgan fingerprint density at radius 2 is 2.08 bits per heavy atom. The minimum absolute atomic E-state index is 0.681. The highest BCUT2D eigenvalue weighted by molar-refractivity contribution is 6.31. The van der Waals surface area contributed by atoms with Crippen LogP contribution < -0.4 is 0 Å². The molecule has 13 heavy (non-hydrogen) atoms. The predicted molar refractivity (Wildman–Crippen MR) is 57.2 cm³/mol. The molecule has 0 aromatic carbocycles. The van der Waals surface area contributed by atoms with Gasteiger partial charge in [0.15, 0.2) is 0 Å². The van der Waals surface area contributed by atoms with Crippen LogP contribution in [0.2, 0.25) is 5.02 Å². The van der Waals surface area contributed by atoms with Crippen LogP contribution in [0.4, 0.5) is 0 Å². The van der Waals surface area contributed by atoms with Gasteiger partial charge in [0.2, 0.25) is 0 Å². The van der Waals surface area contributed by atoms with E-state index >= 15 is 0 Å². The van der Waals surface area contributed by atoms with Gasteiger partial charge in [-0.3, -0.25) is 0 Å². The molecule has 2 heterocycles. The number of pyridine rings is 1. The van der Waals surface area contributed by atoms with Crippen LogP contribution in [-0.4, -0.2) is 9.97 Å². The molecule has 70 valence electrons. The normalized spacial score (nSPS) is 9.54. The summed E-state index contributed by atoms with van der Waals surface area (Å²) < 4.78 is 0. The number of fused-ring (bicyclic) bond motifs is 1. The van der Waals surface area contributed by atoms with E-state index in [1.54, 1.807) is 6.20 Å². The van der Waals surface area contributed by atoms with Crippen LogP contribution >= 0.6 is 11.6 Å². The SMILES string of the molecule is CC.Cc1c[nH]c2ncc(Cl)cc12. The molecular formula is C10H13ClN2. The molecule has 2 rings (SSSR count). The van der Waals surface area contributed by atoms with Gasteiger partial charge in [0, 0.05) is 17.8 Å². The minimum atomic E-state index is 0.681. The van der Waals surface area contributed by atoms with E-state index in [1.165, 1.54) is 5.56 Å². The zero-order valence-electron chi connectivity index (χ0n) is 8.06. The van der Waals surface area contributed by atoms with E-state index in [0.29, 0.717) is 5.02 Å². The van der Waals surface area contributed by atoms with Crippen molar-refractivity contribution in [3.63, 3.8) is 0 Å². The molecule has 0 aliphatic rings. The molecule has 0 unspecified atom stereocenters. The van der Waals surface area contributed by atoms with Crippen LogP contribution in [0.25, 0.3) is 11.0 Å². The Labute approximate surface area is 82.9 Å². The first-order chi connectivity index (χ1) is 6.27. The fourth-order valence-corrected chi connectivity index (χ4v) is 1.27. The lowest BCUT2D eigenvalue weighted by Crippen LogP contribution is -1.74. The van der Waals surface area contributed by atoms with Gasteiger partial charge in [-0.15, -0.1) is 0 Å². The number of aryl methyl sites for hydroxylation is 1. The van der Waals surface area contributed by atoms with Gasteiger partial charge in [0.05, 0.1) is 5.02 Å². The van der Waals surface area contributed by atoms with Gasteiger partial charge < -0.3 is 4.98 Å². The van der Waals surface area contributed by atoms with Gasteiger partial charge in [-0.2, -0.15) is 0 Å². The fourth-order valence-electron chi connectivity index (χ4n) is 1.11. The van der Waals surface area contributed by atoms with E-state index < -0.39 is 0 Å². The van der Waals surface area contributed by atoms with E-state index in [9.17, 15) is 0 Å². The zero-order valence-corrected chi connectivity index (χ0v) is 8.81. The van der Waals surface area contributed by atoms with Gasteiger partial charge >= 0.3 is 0 Å². The maximum Gasteiger partial charge on any atom is 0.137 e. The molecule has 1 N–H and O–H groups in total. The van der Waals surface area contributed by atoms with Crippen molar-refractivity contribution >= 4 is 22.6 Å².